The Balaban J connectivity index is 1.89. The van der Waals surface area contributed by atoms with Gasteiger partial charge in [-0.25, -0.2) is 0 Å². The van der Waals surface area contributed by atoms with E-state index in [0.717, 1.165) is 52.2 Å². The smallest absolute Gasteiger partial charge is 0.0830 e. The molecule has 0 radical (unpaired) electrons. The maximum atomic E-state index is 5.68. The van der Waals surface area contributed by atoms with E-state index in [1.807, 2.05) is 0 Å². The fraction of sp³-hybridized carbons (Fsp3) is 1.00. The van der Waals surface area contributed by atoms with Crippen LogP contribution in [-0.2, 0) is 14.2 Å². The molecule has 0 bridgehead atoms. The van der Waals surface area contributed by atoms with E-state index < -0.39 is 0 Å². The highest BCUT2D eigenvalue weighted by Gasteiger charge is 2.15. The first-order valence-electron chi connectivity index (χ1n) is 6.28. The van der Waals surface area contributed by atoms with E-state index in [9.17, 15) is 0 Å². The molecule has 2 unspecified atom stereocenters. The molecule has 1 fully saturated rings. The van der Waals surface area contributed by atoms with Crippen LogP contribution in [-0.4, -0.2) is 52.2 Å². The number of hydrogen-bond acceptors (Lipinski definition) is 4. The molecule has 0 saturated carbocycles. The molecule has 0 amide bonds. The Morgan fingerprint density at radius 3 is 3.00 bits per heavy atom. The Morgan fingerprint density at radius 1 is 1.50 bits per heavy atom. The van der Waals surface area contributed by atoms with Gasteiger partial charge < -0.3 is 19.5 Å². The number of ether oxygens (including phenoxy) is 3. The molecule has 4 heteroatoms. The minimum absolute atomic E-state index is 0.334. The lowest BCUT2D eigenvalue weighted by molar-refractivity contribution is 0.0409. The Morgan fingerprint density at radius 2 is 2.38 bits per heavy atom. The highest BCUT2D eigenvalue weighted by Crippen LogP contribution is 2.07. The SMILES string of the molecule is CCC(COC)NCCCOC1CCOC1. The van der Waals surface area contributed by atoms with Crippen molar-refractivity contribution in [3.05, 3.63) is 0 Å². The first-order chi connectivity index (χ1) is 7.86. The van der Waals surface area contributed by atoms with Crippen molar-refractivity contribution in [3.8, 4) is 0 Å². The molecule has 96 valence electrons. The molecule has 16 heavy (non-hydrogen) atoms. The molecule has 1 aliphatic rings. The topological polar surface area (TPSA) is 39.7 Å². The lowest BCUT2D eigenvalue weighted by Gasteiger charge is -2.16. The van der Waals surface area contributed by atoms with E-state index in [1.165, 1.54) is 0 Å². The van der Waals surface area contributed by atoms with Crippen molar-refractivity contribution < 1.29 is 14.2 Å². The van der Waals surface area contributed by atoms with Crippen molar-refractivity contribution in [2.24, 2.45) is 0 Å². The summed E-state index contributed by atoms with van der Waals surface area (Å²) >= 11 is 0. The summed E-state index contributed by atoms with van der Waals surface area (Å²) < 4.78 is 16.0. The number of rotatable bonds is 9. The summed E-state index contributed by atoms with van der Waals surface area (Å²) in [7, 11) is 1.74. The van der Waals surface area contributed by atoms with Crippen molar-refractivity contribution >= 4 is 0 Å². The predicted molar refractivity (Wildman–Crippen MR) is 63.8 cm³/mol. The van der Waals surface area contributed by atoms with E-state index in [1.54, 1.807) is 7.11 Å². The van der Waals surface area contributed by atoms with Crippen LogP contribution in [0.4, 0.5) is 0 Å². The maximum Gasteiger partial charge on any atom is 0.0830 e. The van der Waals surface area contributed by atoms with Gasteiger partial charge >= 0.3 is 0 Å². The zero-order valence-electron chi connectivity index (χ0n) is 10.5. The summed E-state index contributed by atoms with van der Waals surface area (Å²) in [5.74, 6) is 0. The lowest BCUT2D eigenvalue weighted by Crippen LogP contribution is -2.33. The molecule has 1 rings (SSSR count). The van der Waals surface area contributed by atoms with Gasteiger partial charge in [0.25, 0.3) is 0 Å². The van der Waals surface area contributed by atoms with Crippen LogP contribution < -0.4 is 5.32 Å². The van der Waals surface area contributed by atoms with Crippen LogP contribution >= 0.6 is 0 Å². The van der Waals surface area contributed by atoms with Crippen LogP contribution in [0.25, 0.3) is 0 Å². The van der Waals surface area contributed by atoms with Gasteiger partial charge in [0, 0.05) is 26.4 Å². The maximum absolute atomic E-state index is 5.68. The van der Waals surface area contributed by atoms with E-state index >= 15 is 0 Å². The van der Waals surface area contributed by atoms with Crippen molar-refractivity contribution in [2.45, 2.75) is 38.3 Å². The zero-order chi connectivity index (χ0) is 11.6. The van der Waals surface area contributed by atoms with Gasteiger partial charge in [0.05, 0.1) is 19.3 Å². The lowest BCUT2D eigenvalue weighted by atomic mass is 10.2. The van der Waals surface area contributed by atoms with Gasteiger partial charge in [0.2, 0.25) is 0 Å². The third-order valence-corrected chi connectivity index (χ3v) is 2.86. The fourth-order valence-corrected chi connectivity index (χ4v) is 1.79. The molecular weight excluding hydrogens is 206 g/mol. The zero-order valence-corrected chi connectivity index (χ0v) is 10.5. The summed E-state index contributed by atoms with van der Waals surface area (Å²) in [5, 5.41) is 3.46. The molecule has 1 aliphatic heterocycles. The van der Waals surface area contributed by atoms with Gasteiger partial charge in [-0.3, -0.25) is 0 Å². The van der Waals surface area contributed by atoms with Crippen LogP contribution in [0, 0.1) is 0 Å². The first-order valence-corrected chi connectivity index (χ1v) is 6.28. The third-order valence-electron chi connectivity index (χ3n) is 2.86. The van der Waals surface area contributed by atoms with Crippen molar-refractivity contribution in [2.75, 3.05) is 40.1 Å². The molecule has 0 aliphatic carbocycles. The Labute approximate surface area is 98.6 Å². The van der Waals surface area contributed by atoms with Crippen LogP contribution in [0.1, 0.15) is 26.2 Å². The highest BCUT2D eigenvalue weighted by molar-refractivity contribution is 4.65. The second-order valence-corrected chi connectivity index (χ2v) is 4.22. The minimum atomic E-state index is 0.334. The van der Waals surface area contributed by atoms with Crippen LogP contribution in [0.5, 0.6) is 0 Å². The molecule has 0 spiro atoms. The van der Waals surface area contributed by atoms with Gasteiger partial charge in [-0.2, -0.15) is 0 Å². The monoisotopic (exact) mass is 231 g/mol. The van der Waals surface area contributed by atoms with E-state index in [-0.39, 0.29) is 0 Å². The van der Waals surface area contributed by atoms with E-state index in [4.69, 9.17) is 14.2 Å². The summed E-state index contributed by atoms with van der Waals surface area (Å²) in [6.45, 7) is 6.40. The quantitative estimate of drug-likeness (QED) is 0.605. The molecule has 1 saturated heterocycles. The molecule has 2 atom stereocenters. The molecule has 0 aromatic carbocycles. The molecule has 0 aromatic rings. The average Bonchev–Trinajstić information content (AvgIpc) is 2.80. The van der Waals surface area contributed by atoms with E-state index in [2.05, 4.69) is 12.2 Å². The Hall–Kier alpha value is -0.160. The molecule has 1 N–H and O–H groups in total. The summed E-state index contributed by atoms with van der Waals surface area (Å²) in [6.07, 6.45) is 3.54. The molecule has 1 heterocycles. The summed E-state index contributed by atoms with van der Waals surface area (Å²) in [6, 6.07) is 0.472. The Bertz CT molecular complexity index is 160. The molecular formula is C12H25NO3. The van der Waals surface area contributed by atoms with Gasteiger partial charge in [-0.1, -0.05) is 6.92 Å². The second-order valence-electron chi connectivity index (χ2n) is 4.22. The number of nitrogens with one attached hydrogen (secondary N) is 1. The molecule has 4 nitrogen and oxygen atoms in total. The summed E-state index contributed by atoms with van der Waals surface area (Å²) in [5.41, 5.74) is 0. The fourth-order valence-electron chi connectivity index (χ4n) is 1.79. The predicted octanol–water partition coefficient (Wildman–Crippen LogP) is 1.20. The third kappa shape index (κ3) is 5.80. The highest BCUT2D eigenvalue weighted by atomic mass is 16.5. The standard InChI is InChI=1S/C12H25NO3/c1-3-11(9-14-2)13-6-4-7-16-12-5-8-15-10-12/h11-13H,3-10H2,1-2H3. The normalized spacial score (nSPS) is 22.5. The van der Waals surface area contributed by atoms with Gasteiger partial charge in [0.15, 0.2) is 0 Å². The van der Waals surface area contributed by atoms with Crippen LogP contribution in [0.3, 0.4) is 0 Å². The Kier molecular flexibility index (Phi) is 7.76. The van der Waals surface area contributed by atoms with Crippen molar-refractivity contribution in [1.82, 2.24) is 5.32 Å². The minimum Gasteiger partial charge on any atom is -0.383 e. The largest absolute Gasteiger partial charge is 0.383 e. The van der Waals surface area contributed by atoms with Crippen molar-refractivity contribution in [3.63, 3.8) is 0 Å². The average molecular weight is 231 g/mol. The summed E-state index contributed by atoms with van der Waals surface area (Å²) in [4.78, 5) is 0. The van der Waals surface area contributed by atoms with Gasteiger partial charge in [-0.15, -0.1) is 0 Å². The van der Waals surface area contributed by atoms with Crippen molar-refractivity contribution in [1.29, 1.82) is 0 Å². The van der Waals surface area contributed by atoms with Gasteiger partial charge in [-0.05, 0) is 25.8 Å². The molecule has 0 aromatic heterocycles. The first kappa shape index (κ1) is 13.9. The van der Waals surface area contributed by atoms with Gasteiger partial charge in [0.1, 0.15) is 0 Å². The number of methoxy groups -OCH3 is 1. The number of hydrogen-bond donors (Lipinski definition) is 1. The van der Waals surface area contributed by atoms with Crippen LogP contribution in [0.15, 0.2) is 0 Å². The van der Waals surface area contributed by atoms with E-state index in [0.29, 0.717) is 12.1 Å². The van der Waals surface area contributed by atoms with Crippen LogP contribution in [0.2, 0.25) is 0 Å². The second kappa shape index (κ2) is 8.93.